The second kappa shape index (κ2) is 11.3. The van der Waals surface area contributed by atoms with E-state index in [4.69, 9.17) is 4.74 Å². The van der Waals surface area contributed by atoms with Crippen LogP contribution in [0.4, 0.5) is 5.69 Å². The smallest absolute Gasteiger partial charge is 0.234 e. The van der Waals surface area contributed by atoms with Crippen LogP contribution < -0.4 is 10.1 Å². The van der Waals surface area contributed by atoms with Crippen molar-refractivity contribution >= 4 is 23.4 Å². The number of benzene rings is 3. The molecule has 3 aromatic carbocycles. The Kier molecular flexibility index (Phi) is 7.34. The van der Waals surface area contributed by atoms with E-state index in [0.717, 1.165) is 16.9 Å². The minimum atomic E-state index is -0.144. The number of carbonyl (C=O) groups excluding carboxylic acids is 1. The Morgan fingerprint density at radius 2 is 1.64 bits per heavy atom. The number of nitrogens with zero attached hydrogens (tertiary/aromatic N) is 4. The van der Waals surface area contributed by atoms with E-state index in [-0.39, 0.29) is 11.7 Å². The molecule has 36 heavy (non-hydrogen) atoms. The minimum absolute atomic E-state index is 0.144. The fraction of sp³-hybridized carbons (Fsp3) is 0.0714. The zero-order chi connectivity index (χ0) is 24.6. The van der Waals surface area contributed by atoms with Crippen LogP contribution in [0.25, 0.3) is 11.4 Å². The van der Waals surface area contributed by atoms with Crippen LogP contribution >= 0.6 is 11.8 Å². The Morgan fingerprint density at radius 1 is 0.861 bits per heavy atom. The lowest BCUT2D eigenvalue weighted by Gasteiger charge is -2.11. The third kappa shape index (κ3) is 5.97. The predicted octanol–water partition coefficient (Wildman–Crippen LogP) is 5.91. The Hall–Kier alpha value is -4.43. The van der Waals surface area contributed by atoms with E-state index in [0.29, 0.717) is 29.0 Å². The van der Waals surface area contributed by atoms with Crippen LogP contribution in [0.5, 0.6) is 11.5 Å². The van der Waals surface area contributed by atoms with Gasteiger partial charge in [-0.05, 0) is 42.0 Å². The van der Waals surface area contributed by atoms with Gasteiger partial charge in [-0.15, -0.1) is 10.2 Å². The first-order valence-corrected chi connectivity index (χ1v) is 12.4. The number of carbonyl (C=O) groups is 1. The van der Waals surface area contributed by atoms with E-state index in [9.17, 15) is 4.79 Å². The number of aromatic nitrogens is 4. The molecule has 0 bridgehead atoms. The lowest BCUT2D eigenvalue weighted by atomic mass is 10.2. The molecular formula is C28H23N5O2S. The first-order valence-electron chi connectivity index (χ1n) is 11.4. The Bertz CT molecular complexity index is 1430. The van der Waals surface area contributed by atoms with Crippen LogP contribution in [0.2, 0.25) is 0 Å². The second-order valence-electron chi connectivity index (χ2n) is 7.90. The van der Waals surface area contributed by atoms with Gasteiger partial charge in [-0.25, -0.2) is 0 Å². The topological polar surface area (TPSA) is 81.9 Å². The highest BCUT2D eigenvalue weighted by Gasteiger charge is 2.16. The molecule has 0 atom stereocenters. The summed E-state index contributed by atoms with van der Waals surface area (Å²) in [6, 6.07) is 30.8. The molecule has 178 valence electrons. The van der Waals surface area contributed by atoms with Crippen LogP contribution in [-0.2, 0) is 11.3 Å². The lowest BCUT2D eigenvalue weighted by molar-refractivity contribution is -0.113. The number of amides is 1. The van der Waals surface area contributed by atoms with Crippen molar-refractivity contribution < 1.29 is 9.53 Å². The number of hydrogen-bond donors (Lipinski definition) is 1. The van der Waals surface area contributed by atoms with Crippen LogP contribution in [-0.4, -0.2) is 31.4 Å². The van der Waals surface area contributed by atoms with Gasteiger partial charge in [-0.2, -0.15) is 0 Å². The molecule has 1 amide bonds. The molecule has 0 spiro atoms. The summed E-state index contributed by atoms with van der Waals surface area (Å²) in [5.41, 5.74) is 2.65. The first kappa shape index (κ1) is 23.3. The van der Waals surface area contributed by atoms with Gasteiger partial charge in [0.15, 0.2) is 11.0 Å². The van der Waals surface area contributed by atoms with Gasteiger partial charge < -0.3 is 10.1 Å². The average Bonchev–Trinajstić information content (AvgIpc) is 3.31. The highest BCUT2D eigenvalue weighted by molar-refractivity contribution is 7.99. The molecule has 0 aliphatic rings. The zero-order valence-electron chi connectivity index (χ0n) is 19.3. The quantitative estimate of drug-likeness (QED) is 0.257. The molecule has 2 aromatic heterocycles. The van der Waals surface area contributed by atoms with E-state index >= 15 is 0 Å². The maximum atomic E-state index is 12.8. The van der Waals surface area contributed by atoms with Crippen molar-refractivity contribution in [3.63, 3.8) is 0 Å². The molecule has 0 aliphatic carbocycles. The van der Waals surface area contributed by atoms with Gasteiger partial charge in [0.05, 0.1) is 12.3 Å². The standard InChI is InChI=1S/C28H23N5O2S/c34-26(30-23-12-7-15-25(17-23)35-24-13-5-2-6-14-24)20-36-28-32-31-27(22-11-8-16-29-18-22)33(28)19-21-9-3-1-4-10-21/h1-18H,19-20H2,(H,30,34). The first-order chi connectivity index (χ1) is 17.7. The summed E-state index contributed by atoms with van der Waals surface area (Å²) in [5.74, 6) is 2.13. The number of pyridine rings is 1. The molecule has 5 aromatic rings. The van der Waals surface area contributed by atoms with E-state index < -0.39 is 0 Å². The zero-order valence-corrected chi connectivity index (χ0v) is 20.1. The van der Waals surface area contributed by atoms with E-state index in [2.05, 4.69) is 32.6 Å². The molecule has 0 saturated carbocycles. The summed E-state index contributed by atoms with van der Waals surface area (Å²) in [6.45, 7) is 0.584. The number of rotatable bonds is 9. The Morgan fingerprint density at radius 3 is 2.42 bits per heavy atom. The van der Waals surface area contributed by atoms with Gasteiger partial charge in [0.25, 0.3) is 0 Å². The van der Waals surface area contributed by atoms with Crippen molar-refractivity contribution in [1.29, 1.82) is 0 Å². The number of hydrogen-bond acceptors (Lipinski definition) is 6. The molecule has 0 fully saturated rings. The molecule has 7 nitrogen and oxygen atoms in total. The maximum absolute atomic E-state index is 12.8. The molecule has 2 heterocycles. The summed E-state index contributed by atoms with van der Waals surface area (Å²) < 4.78 is 7.88. The Balaban J connectivity index is 1.28. The molecule has 0 radical (unpaired) electrons. The number of anilines is 1. The molecule has 0 unspecified atom stereocenters. The van der Waals surface area contributed by atoms with Gasteiger partial charge >= 0.3 is 0 Å². The summed E-state index contributed by atoms with van der Waals surface area (Å²) >= 11 is 1.34. The minimum Gasteiger partial charge on any atom is -0.457 e. The monoisotopic (exact) mass is 493 g/mol. The van der Waals surface area contributed by atoms with Gasteiger partial charge in [0.2, 0.25) is 5.91 Å². The van der Waals surface area contributed by atoms with E-state index in [1.807, 2.05) is 83.4 Å². The molecule has 1 N–H and O–H groups in total. The van der Waals surface area contributed by atoms with Gasteiger partial charge in [-0.1, -0.05) is 66.4 Å². The third-order valence-electron chi connectivity index (χ3n) is 5.25. The van der Waals surface area contributed by atoms with Crippen molar-refractivity contribution in [2.45, 2.75) is 11.7 Å². The van der Waals surface area contributed by atoms with E-state index in [1.54, 1.807) is 18.5 Å². The number of para-hydroxylation sites is 1. The number of thioether (sulfide) groups is 1. The van der Waals surface area contributed by atoms with Gasteiger partial charge in [0, 0.05) is 29.7 Å². The van der Waals surface area contributed by atoms with Crippen LogP contribution in [0.3, 0.4) is 0 Å². The molecule has 5 rings (SSSR count). The highest BCUT2D eigenvalue weighted by Crippen LogP contribution is 2.26. The number of ether oxygens (including phenoxy) is 1. The van der Waals surface area contributed by atoms with Crippen LogP contribution in [0, 0.1) is 0 Å². The Labute approximate surface area is 213 Å². The summed E-state index contributed by atoms with van der Waals surface area (Å²) in [4.78, 5) is 17.0. The van der Waals surface area contributed by atoms with Crippen molar-refractivity contribution in [1.82, 2.24) is 19.7 Å². The second-order valence-corrected chi connectivity index (χ2v) is 8.84. The maximum Gasteiger partial charge on any atom is 0.234 e. The molecule has 0 saturated heterocycles. The fourth-order valence-electron chi connectivity index (χ4n) is 3.60. The van der Waals surface area contributed by atoms with Crippen molar-refractivity contribution in [3.8, 4) is 22.9 Å². The van der Waals surface area contributed by atoms with Crippen molar-refractivity contribution in [3.05, 3.63) is 115 Å². The largest absolute Gasteiger partial charge is 0.457 e. The summed E-state index contributed by atoms with van der Waals surface area (Å²) in [7, 11) is 0. The molecular weight excluding hydrogens is 470 g/mol. The van der Waals surface area contributed by atoms with Crippen molar-refractivity contribution in [2.24, 2.45) is 0 Å². The third-order valence-corrected chi connectivity index (χ3v) is 6.22. The molecule has 0 aliphatic heterocycles. The summed E-state index contributed by atoms with van der Waals surface area (Å²) in [6.07, 6.45) is 3.48. The highest BCUT2D eigenvalue weighted by atomic mass is 32.2. The summed E-state index contributed by atoms with van der Waals surface area (Å²) in [5, 5.41) is 12.4. The number of nitrogens with one attached hydrogen (secondary N) is 1. The van der Waals surface area contributed by atoms with E-state index in [1.165, 1.54) is 11.8 Å². The fourth-order valence-corrected chi connectivity index (χ4v) is 4.34. The molecule has 8 heteroatoms. The predicted molar refractivity (Wildman–Crippen MR) is 141 cm³/mol. The normalized spacial score (nSPS) is 10.7. The lowest BCUT2D eigenvalue weighted by Crippen LogP contribution is -2.15. The van der Waals surface area contributed by atoms with Crippen LogP contribution in [0.1, 0.15) is 5.56 Å². The van der Waals surface area contributed by atoms with Gasteiger partial charge in [-0.3, -0.25) is 14.3 Å². The van der Waals surface area contributed by atoms with Crippen LogP contribution in [0.15, 0.2) is 115 Å². The van der Waals surface area contributed by atoms with Crippen molar-refractivity contribution in [2.75, 3.05) is 11.1 Å². The average molecular weight is 494 g/mol. The SMILES string of the molecule is O=C(CSc1nnc(-c2cccnc2)n1Cc1ccccc1)Nc1cccc(Oc2ccccc2)c1. The van der Waals surface area contributed by atoms with Gasteiger partial charge in [0.1, 0.15) is 11.5 Å².